The maximum Gasteiger partial charge on any atom is 0.0565 e. The van der Waals surface area contributed by atoms with Crippen molar-refractivity contribution >= 4 is 0 Å². The van der Waals surface area contributed by atoms with Crippen molar-refractivity contribution in [1.29, 1.82) is 0 Å². The van der Waals surface area contributed by atoms with Gasteiger partial charge < -0.3 is 10.1 Å². The first-order valence-electron chi connectivity index (χ1n) is 6.64. The second-order valence-electron chi connectivity index (χ2n) is 4.82. The van der Waals surface area contributed by atoms with Crippen molar-refractivity contribution in [1.82, 2.24) is 10.2 Å². The first-order chi connectivity index (χ1) is 8.25. The topological polar surface area (TPSA) is 24.5 Å². The van der Waals surface area contributed by atoms with Crippen molar-refractivity contribution in [3.05, 3.63) is 0 Å². The Bertz CT molecular complexity index is 263. The zero-order valence-corrected chi connectivity index (χ0v) is 11.5. The summed E-state index contributed by atoms with van der Waals surface area (Å²) < 4.78 is 5.51. The van der Waals surface area contributed by atoms with Gasteiger partial charge in [0.25, 0.3) is 0 Å². The van der Waals surface area contributed by atoms with E-state index in [0.29, 0.717) is 0 Å². The summed E-state index contributed by atoms with van der Waals surface area (Å²) in [4.78, 5) is 2.45. The first-order valence-corrected chi connectivity index (χ1v) is 6.64. The summed E-state index contributed by atoms with van der Waals surface area (Å²) in [6.07, 6.45) is 3.19. The van der Waals surface area contributed by atoms with Crippen LogP contribution < -0.4 is 5.32 Å². The van der Waals surface area contributed by atoms with E-state index in [2.05, 4.69) is 36.0 Å². The molecule has 1 aliphatic rings. The second-order valence-corrected chi connectivity index (χ2v) is 4.82. The molecule has 0 aromatic heterocycles. The van der Waals surface area contributed by atoms with Gasteiger partial charge in [0.05, 0.1) is 5.54 Å². The molecule has 1 aliphatic heterocycles. The molecule has 0 aromatic carbocycles. The Hall–Kier alpha value is -0.560. The summed E-state index contributed by atoms with van der Waals surface area (Å²) in [5.41, 5.74) is 0.272. The Kier molecular flexibility index (Phi) is 6.57. The molecule has 1 rings (SSSR count). The fourth-order valence-electron chi connectivity index (χ4n) is 2.08. The molecule has 0 radical (unpaired) electrons. The third-order valence-corrected chi connectivity index (χ3v) is 3.44. The number of hydrogen-bond donors (Lipinski definition) is 1. The maximum atomic E-state index is 5.51. The third kappa shape index (κ3) is 4.31. The molecule has 98 valence electrons. The molecule has 0 atom stereocenters. The Morgan fingerprint density at radius 2 is 2.12 bits per heavy atom. The minimum Gasteiger partial charge on any atom is -0.381 e. The van der Waals surface area contributed by atoms with Crippen LogP contribution in [0.1, 0.15) is 33.1 Å². The molecule has 17 heavy (non-hydrogen) atoms. The van der Waals surface area contributed by atoms with E-state index in [9.17, 15) is 0 Å². The summed E-state index contributed by atoms with van der Waals surface area (Å²) in [6.45, 7) is 9.04. The minimum atomic E-state index is 0.272. The van der Waals surface area contributed by atoms with E-state index >= 15 is 0 Å². The highest BCUT2D eigenvalue weighted by Gasteiger charge is 2.39. The zero-order valence-electron chi connectivity index (χ0n) is 11.5. The van der Waals surface area contributed by atoms with Crippen LogP contribution in [0.2, 0.25) is 0 Å². The van der Waals surface area contributed by atoms with Gasteiger partial charge >= 0.3 is 0 Å². The molecule has 3 heteroatoms. The van der Waals surface area contributed by atoms with Gasteiger partial charge in [-0.15, -0.1) is 11.8 Å². The Morgan fingerprint density at radius 3 is 2.65 bits per heavy atom. The Labute approximate surface area is 106 Å². The van der Waals surface area contributed by atoms with Crippen LogP contribution in [-0.2, 0) is 4.74 Å². The van der Waals surface area contributed by atoms with Crippen LogP contribution in [0.4, 0.5) is 0 Å². The summed E-state index contributed by atoms with van der Waals surface area (Å²) in [6, 6.07) is 0. The van der Waals surface area contributed by atoms with E-state index in [-0.39, 0.29) is 5.54 Å². The summed E-state index contributed by atoms with van der Waals surface area (Å²) >= 11 is 0. The zero-order chi connectivity index (χ0) is 12.6. The molecule has 0 spiro atoms. The highest BCUT2D eigenvalue weighted by Crippen LogP contribution is 2.23. The van der Waals surface area contributed by atoms with Crippen LogP contribution in [0.3, 0.4) is 0 Å². The van der Waals surface area contributed by atoms with Gasteiger partial charge in [-0.3, -0.25) is 4.90 Å². The van der Waals surface area contributed by atoms with Gasteiger partial charge in [0.15, 0.2) is 0 Å². The highest BCUT2D eigenvalue weighted by molar-refractivity contribution is 5.11. The molecule has 1 N–H and O–H groups in total. The fourth-order valence-corrected chi connectivity index (χ4v) is 2.08. The average Bonchev–Trinajstić information content (AvgIpc) is 2.27. The highest BCUT2D eigenvalue weighted by atomic mass is 16.5. The van der Waals surface area contributed by atoms with Gasteiger partial charge in [-0.25, -0.2) is 0 Å². The molecule has 0 aliphatic carbocycles. The van der Waals surface area contributed by atoms with Crippen molar-refractivity contribution in [2.45, 2.75) is 38.6 Å². The van der Waals surface area contributed by atoms with Crippen molar-refractivity contribution in [2.75, 3.05) is 39.9 Å². The van der Waals surface area contributed by atoms with Crippen LogP contribution in [0.15, 0.2) is 0 Å². The predicted octanol–water partition coefficient (Wildman–Crippen LogP) is 1.49. The molecular formula is C14H26N2O. The number of rotatable bonds is 8. The lowest BCUT2D eigenvalue weighted by atomic mass is 9.87. The van der Waals surface area contributed by atoms with Gasteiger partial charge in [-0.1, -0.05) is 6.92 Å². The monoisotopic (exact) mass is 238 g/mol. The van der Waals surface area contributed by atoms with Gasteiger partial charge in [0.1, 0.15) is 0 Å². The molecule has 1 saturated heterocycles. The van der Waals surface area contributed by atoms with E-state index in [4.69, 9.17) is 4.74 Å². The summed E-state index contributed by atoms with van der Waals surface area (Å²) in [5.74, 6) is 6.22. The molecule has 0 bridgehead atoms. The van der Waals surface area contributed by atoms with Gasteiger partial charge in [-0.05, 0) is 26.8 Å². The van der Waals surface area contributed by atoms with Crippen LogP contribution in [0.5, 0.6) is 0 Å². The van der Waals surface area contributed by atoms with E-state index < -0.39 is 0 Å². The molecule has 0 unspecified atom stereocenters. The van der Waals surface area contributed by atoms with Crippen molar-refractivity contribution < 1.29 is 4.74 Å². The summed E-state index contributed by atoms with van der Waals surface area (Å²) in [5, 5.41) is 3.36. The largest absolute Gasteiger partial charge is 0.381 e. The number of ether oxygens (including phenoxy) is 1. The van der Waals surface area contributed by atoms with Crippen molar-refractivity contribution in [3.8, 4) is 11.8 Å². The minimum absolute atomic E-state index is 0.272. The van der Waals surface area contributed by atoms with Crippen LogP contribution >= 0.6 is 0 Å². The van der Waals surface area contributed by atoms with Crippen molar-refractivity contribution in [2.24, 2.45) is 0 Å². The molecular weight excluding hydrogens is 212 g/mol. The molecule has 0 saturated carbocycles. The van der Waals surface area contributed by atoms with Crippen molar-refractivity contribution in [3.63, 3.8) is 0 Å². The fraction of sp³-hybridized carbons (Fsp3) is 0.857. The number of nitrogens with zero attached hydrogens (tertiary/aromatic N) is 1. The number of likely N-dealkylation sites (N-methyl/N-ethyl adjacent to an activating group) is 1. The number of hydrogen-bond acceptors (Lipinski definition) is 3. The normalized spacial score (nSPS) is 17.4. The SMILES string of the molecule is CC#CCC1(N(C)CCCOCCC)CNC1. The second kappa shape index (κ2) is 7.71. The van der Waals surface area contributed by atoms with Crippen LogP contribution in [-0.4, -0.2) is 50.3 Å². The predicted molar refractivity (Wildman–Crippen MR) is 72.0 cm³/mol. The molecule has 0 aromatic rings. The smallest absolute Gasteiger partial charge is 0.0565 e. The quantitative estimate of drug-likeness (QED) is 0.512. The van der Waals surface area contributed by atoms with E-state index in [1.54, 1.807) is 0 Å². The molecule has 1 heterocycles. The number of nitrogens with one attached hydrogen (secondary N) is 1. The first kappa shape index (κ1) is 14.5. The van der Waals surface area contributed by atoms with Gasteiger partial charge in [0, 0.05) is 39.3 Å². The summed E-state index contributed by atoms with van der Waals surface area (Å²) in [7, 11) is 2.21. The molecule has 1 fully saturated rings. The van der Waals surface area contributed by atoms with E-state index in [1.807, 2.05) is 6.92 Å². The van der Waals surface area contributed by atoms with Gasteiger partial charge in [0.2, 0.25) is 0 Å². The lowest BCUT2D eigenvalue weighted by Gasteiger charge is -2.48. The third-order valence-electron chi connectivity index (χ3n) is 3.44. The van der Waals surface area contributed by atoms with E-state index in [1.165, 1.54) is 0 Å². The van der Waals surface area contributed by atoms with Gasteiger partial charge in [-0.2, -0.15) is 0 Å². The Morgan fingerprint density at radius 1 is 1.35 bits per heavy atom. The van der Waals surface area contributed by atoms with E-state index in [0.717, 1.165) is 52.1 Å². The molecule has 0 amide bonds. The average molecular weight is 238 g/mol. The Balaban J connectivity index is 2.23. The van der Waals surface area contributed by atoms with Crippen LogP contribution in [0, 0.1) is 11.8 Å². The standard InChI is InChI=1S/C14H26N2O/c1-4-6-8-14(12-15-13-14)16(3)9-7-11-17-10-5-2/h15H,5,7-13H2,1-3H3. The lowest BCUT2D eigenvalue weighted by molar-refractivity contribution is 0.0518. The maximum absolute atomic E-state index is 5.51. The van der Waals surface area contributed by atoms with Crippen LogP contribution in [0.25, 0.3) is 0 Å². The lowest BCUT2D eigenvalue weighted by Crippen LogP contribution is -2.67. The molecule has 3 nitrogen and oxygen atoms in total.